The zero-order chi connectivity index (χ0) is 12.3. The van der Waals surface area contributed by atoms with Crippen LogP contribution >= 0.6 is 0 Å². The third-order valence-corrected chi connectivity index (χ3v) is 4.00. The van der Waals surface area contributed by atoms with Crippen LogP contribution < -0.4 is 5.32 Å². The van der Waals surface area contributed by atoms with Crippen LogP contribution in [0.1, 0.15) is 38.2 Å². The number of nitrogens with one attached hydrogen (secondary N) is 1. The summed E-state index contributed by atoms with van der Waals surface area (Å²) < 4.78 is 0. The molecule has 0 aromatic heterocycles. The summed E-state index contributed by atoms with van der Waals surface area (Å²) in [5, 5.41) is 13.1. The van der Waals surface area contributed by atoms with Gasteiger partial charge in [0.15, 0.2) is 0 Å². The summed E-state index contributed by atoms with van der Waals surface area (Å²) >= 11 is 0. The van der Waals surface area contributed by atoms with Gasteiger partial charge in [-0.25, -0.2) is 0 Å². The second-order valence-corrected chi connectivity index (χ2v) is 5.17. The largest absolute Gasteiger partial charge is 0.367 e. The highest BCUT2D eigenvalue weighted by Gasteiger charge is 2.38. The van der Waals surface area contributed by atoms with E-state index in [9.17, 15) is 5.26 Å². The molecule has 0 heterocycles. The van der Waals surface area contributed by atoms with Gasteiger partial charge in [0, 0.05) is 5.69 Å². The fraction of sp³-hybridized carbons (Fsp3) is 0.533. The molecule has 0 amide bonds. The maximum atomic E-state index is 9.55. The number of para-hydroxylation sites is 1. The van der Waals surface area contributed by atoms with Gasteiger partial charge in [0.25, 0.3) is 0 Å². The van der Waals surface area contributed by atoms with Gasteiger partial charge in [0.05, 0.1) is 6.07 Å². The van der Waals surface area contributed by atoms with Crippen molar-refractivity contribution in [3.8, 4) is 6.07 Å². The number of rotatable bonds is 2. The minimum Gasteiger partial charge on any atom is -0.367 e. The molecule has 0 bridgehead atoms. The van der Waals surface area contributed by atoms with Crippen LogP contribution in [-0.2, 0) is 0 Å². The van der Waals surface area contributed by atoms with Crippen molar-refractivity contribution >= 4 is 5.69 Å². The fourth-order valence-corrected chi connectivity index (χ4v) is 2.68. The number of benzene rings is 1. The zero-order valence-corrected chi connectivity index (χ0v) is 10.7. The van der Waals surface area contributed by atoms with Crippen molar-refractivity contribution in [1.82, 2.24) is 0 Å². The Labute approximate surface area is 104 Å². The van der Waals surface area contributed by atoms with Crippen molar-refractivity contribution in [2.75, 3.05) is 5.32 Å². The molecule has 2 unspecified atom stereocenters. The van der Waals surface area contributed by atoms with Gasteiger partial charge < -0.3 is 5.32 Å². The lowest BCUT2D eigenvalue weighted by molar-refractivity contribution is 0.286. The molecular formula is C15H20N2. The Kier molecular flexibility index (Phi) is 3.38. The SMILES string of the molecule is Cc1ccccc1NC1(C#N)CCCCC1C. The van der Waals surface area contributed by atoms with Crippen molar-refractivity contribution in [3.63, 3.8) is 0 Å². The lowest BCUT2D eigenvalue weighted by Gasteiger charge is -2.38. The number of aryl methyl sites for hydroxylation is 1. The molecule has 1 fully saturated rings. The first kappa shape index (κ1) is 12.0. The first-order valence-corrected chi connectivity index (χ1v) is 6.43. The molecule has 1 aliphatic carbocycles. The second-order valence-electron chi connectivity index (χ2n) is 5.17. The number of hydrogen-bond donors (Lipinski definition) is 1. The molecule has 2 rings (SSSR count). The summed E-state index contributed by atoms with van der Waals surface area (Å²) in [7, 11) is 0. The normalized spacial score (nSPS) is 28.4. The summed E-state index contributed by atoms with van der Waals surface area (Å²) in [6.07, 6.45) is 4.50. The quantitative estimate of drug-likeness (QED) is 0.833. The van der Waals surface area contributed by atoms with Gasteiger partial charge >= 0.3 is 0 Å². The fourth-order valence-electron chi connectivity index (χ4n) is 2.68. The van der Waals surface area contributed by atoms with Crippen molar-refractivity contribution in [1.29, 1.82) is 5.26 Å². The summed E-state index contributed by atoms with van der Waals surface area (Å²) in [5.74, 6) is 0.417. The zero-order valence-electron chi connectivity index (χ0n) is 10.7. The minimum absolute atomic E-state index is 0.371. The van der Waals surface area contributed by atoms with E-state index in [4.69, 9.17) is 0 Å². The second kappa shape index (κ2) is 4.79. The minimum atomic E-state index is -0.371. The maximum absolute atomic E-state index is 9.55. The molecule has 1 aliphatic rings. The highest BCUT2D eigenvalue weighted by Crippen LogP contribution is 2.36. The molecule has 0 saturated heterocycles. The van der Waals surface area contributed by atoms with Gasteiger partial charge in [-0.3, -0.25) is 0 Å². The Morgan fingerprint density at radius 3 is 2.76 bits per heavy atom. The maximum Gasteiger partial charge on any atom is 0.127 e. The van der Waals surface area contributed by atoms with Crippen molar-refractivity contribution in [2.45, 2.75) is 45.1 Å². The van der Waals surface area contributed by atoms with Crippen LogP contribution in [0.2, 0.25) is 0 Å². The van der Waals surface area contributed by atoms with E-state index in [1.165, 1.54) is 12.0 Å². The lowest BCUT2D eigenvalue weighted by Crippen LogP contribution is -2.45. The van der Waals surface area contributed by atoms with E-state index in [-0.39, 0.29) is 5.54 Å². The first-order chi connectivity index (χ1) is 8.18. The van der Waals surface area contributed by atoms with E-state index < -0.39 is 0 Å². The van der Waals surface area contributed by atoms with E-state index in [1.807, 2.05) is 12.1 Å². The summed E-state index contributed by atoms with van der Waals surface area (Å²) in [4.78, 5) is 0. The van der Waals surface area contributed by atoms with Gasteiger partial charge in [0.2, 0.25) is 0 Å². The molecule has 1 aromatic rings. The summed E-state index contributed by atoms with van der Waals surface area (Å²) in [6.45, 7) is 4.27. The standard InChI is InChI=1S/C15H20N2/c1-12-7-3-4-9-14(12)17-15(11-16)10-6-5-8-13(15)2/h3-4,7,9,13,17H,5-6,8,10H2,1-2H3. The molecule has 1 saturated carbocycles. The predicted molar refractivity (Wildman–Crippen MR) is 70.8 cm³/mol. The molecule has 1 N–H and O–H groups in total. The number of hydrogen-bond acceptors (Lipinski definition) is 2. The first-order valence-electron chi connectivity index (χ1n) is 6.43. The molecule has 2 atom stereocenters. The molecule has 17 heavy (non-hydrogen) atoms. The van der Waals surface area contributed by atoms with Crippen LogP contribution in [0.15, 0.2) is 24.3 Å². The molecule has 1 aromatic carbocycles. The number of nitriles is 1. The smallest absolute Gasteiger partial charge is 0.127 e. The number of anilines is 1. The highest BCUT2D eigenvalue weighted by atomic mass is 15.0. The molecule has 2 nitrogen and oxygen atoms in total. The van der Waals surface area contributed by atoms with Crippen molar-refractivity contribution < 1.29 is 0 Å². The summed E-state index contributed by atoms with van der Waals surface area (Å²) in [5.41, 5.74) is 1.94. The Hall–Kier alpha value is -1.49. The van der Waals surface area contributed by atoms with E-state index in [0.29, 0.717) is 5.92 Å². The van der Waals surface area contributed by atoms with Crippen LogP contribution in [0.3, 0.4) is 0 Å². The molecule has 0 radical (unpaired) electrons. The summed E-state index contributed by atoms with van der Waals surface area (Å²) in [6, 6.07) is 10.7. The Morgan fingerprint density at radius 1 is 1.35 bits per heavy atom. The number of nitrogens with zero attached hydrogens (tertiary/aromatic N) is 1. The van der Waals surface area contributed by atoms with Crippen LogP contribution in [0, 0.1) is 24.2 Å². The van der Waals surface area contributed by atoms with Gasteiger partial charge in [-0.1, -0.05) is 38.0 Å². The van der Waals surface area contributed by atoms with Crippen molar-refractivity contribution in [2.24, 2.45) is 5.92 Å². The topological polar surface area (TPSA) is 35.8 Å². The van der Waals surface area contributed by atoms with E-state index in [0.717, 1.165) is 24.9 Å². The van der Waals surface area contributed by atoms with Crippen LogP contribution in [0.5, 0.6) is 0 Å². The third kappa shape index (κ3) is 2.29. The van der Waals surface area contributed by atoms with Crippen LogP contribution in [0.25, 0.3) is 0 Å². The Bertz CT molecular complexity index is 433. The molecular weight excluding hydrogens is 208 g/mol. The van der Waals surface area contributed by atoms with Gasteiger partial charge in [0.1, 0.15) is 5.54 Å². The molecule has 2 heteroatoms. The Morgan fingerprint density at radius 2 is 2.12 bits per heavy atom. The lowest BCUT2D eigenvalue weighted by atomic mass is 9.74. The van der Waals surface area contributed by atoms with Crippen LogP contribution in [0.4, 0.5) is 5.69 Å². The molecule has 0 aliphatic heterocycles. The van der Waals surface area contributed by atoms with Gasteiger partial charge in [-0.05, 0) is 37.3 Å². The molecule has 90 valence electrons. The highest BCUT2D eigenvalue weighted by molar-refractivity contribution is 5.54. The van der Waals surface area contributed by atoms with E-state index >= 15 is 0 Å². The van der Waals surface area contributed by atoms with Gasteiger partial charge in [-0.2, -0.15) is 5.26 Å². The Balaban J connectivity index is 2.26. The van der Waals surface area contributed by atoms with Crippen LogP contribution in [-0.4, -0.2) is 5.54 Å². The predicted octanol–water partition coefficient (Wildman–Crippen LogP) is 3.88. The average Bonchev–Trinajstić information content (AvgIpc) is 2.35. The van der Waals surface area contributed by atoms with Gasteiger partial charge in [-0.15, -0.1) is 0 Å². The van der Waals surface area contributed by atoms with E-state index in [1.54, 1.807) is 0 Å². The average molecular weight is 228 g/mol. The molecule has 0 spiro atoms. The monoisotopic (exact) mass is 228 g/mol. The van der Waals surface area contributed by atoms with Crippen molar-refractivity contribution in [3.05, 3.63) is 29.8 Å². The third-order valence-electron chi connectivity index (χ3n) is 4.00. The van der Waals surface area contributed by atoms with E-state index in [2.05, 4.69) is 37.4 Å².